The predicted molar refractivity (Wildman–Crippen MR) is 221 cm³/mol. The Labute approximate surface area is 344 Å². The lowest BCUT2D eigenvalue weighted by Gasteiger charge is -2.32. The number of thiol groups is 1. The van der Waals surface area contributed by atoms with Crippen LogP contribution in [0.25, 0.3) is 0 Å². The highest BCUT2D eigenvalue weighted by atomic mass is 35.5. The topological polar surface area (TPSA) is 155 Å². The monoisotopic (exact) mass is 813 g/mol. The zero-order chi connectivity index (χ0) is 41.5. The molecule has 0 saturated carbocycles. The number of nitriles is 1. The smallest absolute Gasteiger partial charge is 0.273 e. The Morgan fingerprint density at radius 1 is 1.05 bits per heavy atom. The molecule has 1 aliphatic heterocycles. The number of nitrogens with one attached hydrogen (secondary N) is 1. The summed E-state index contributed by atoms with van der Waals surface area (Å²) in [5.74, 6) is 0.985. The van der Waals surface area contributed by atoms with Gasteiger partial charge in [-0.1, -0.05) is 63.6 Å². The normalized spacial score (nSPS) is 14.4. The number of hydrogen-bond donors (Lipinski definition) is 3. The summed E-state index contributed by atoms with van der Waals surface area (Å²) >= 11 is 10.7. The predicted octanol–water partition coefficient (Wildman–Crippen LogP) is 8.52. The van der Waals surface area contributed by atoms with Crippen LogP contribution < -0.4 is 14.9 Å². The summed E-state index contributed by atoms with van der Waals surface area (Å²) in [5, 5.41) is 20.2. The van der Waals surface area contributed by atoms with Crippen molar-refractivity contribution in [1.29, 1.82) is 5.26 Å². The number of benzene rings is 3. The summed E-state index contributed by atoms with van der Waals surface area (Å²) in [7, 11) is 1.41. The van der Waals surface area contributed by atoms with Crippen molar-refractivity contribution in [2.24, 2.45) is 5.92 Å². The second kappa shape index (κ2) is 18.5. The van der Waals surface area contributed by atoms with E-state index in [2.05, 4.69) is 34.3 Å². The van der Waals surface area contributed by atoms with Gasteiger partial charge in [-0.15, -0.1) is 0 Å². The van der Waals surface area contributed by atoms with Crippen LogP contribution in [0.5, 0.6) is 11.5 Å². The van der Waals surface area contributed by atoms with Gasteiger partial charge in [0.15, 0.2) is 17.3 Å². The Morgan fingerprint density at radius 2 is 1.75 bits per heavy atom. The molecule has 0 spiro atoms. The second-order valence-electron chi connectivity index (χ2n) is 15.3. The number of aromatic nitrogens is 2. The minimum Gasteiger partial charge on any atom is -0.491 e. The molecule has 1 unspecified atom stereocenters. The van der Waals surface area contributed by atoms with E-state index in [-0.39, 0.29) is 48.5 Å². The summed E-state index contributed by atoms with van der Waals surface area (Å²) < 4.78 is 11.1. The highest BCUT2D eigenvalue weighted by Crippen LogP contribution is 2.39. The fraction of sp³-hybridized carbons (Fsp3) is 0.395. The van der Waals surface area contributed by atoms with Gasteiger partial charge in [0.05, 0.1) is 22.9 Å². The van der Waals surface area contributed by atoms with E-state index in [4.69, 9.17) is 21.1 Å². The van der Waals surface area contributed by atoms with Crippen molar-refractivity contribution in [3.05, 3.63) is 111 Å². The van der Waals surface area contributed by atoms with Gasteiger partial charge in [0, 0.05) is 48.2 Å². The summed E-state index contributed by atoms with van der Waals surface area (Å²) in [4.78, 5) is 48.4. The number of anilines is 1. The number of ketones is 2. The van der Waals surface area contributed by atoms with Crippen LogP contribution in [0.15, 0.2) is 66.9 Å². The largest absolute Gasteiger partial charge is 0.491 e. The maximum atomic E-state index is 13.1. The summed E-state index contributed by atoms with van der Waals surface area (Å²) in [6.07, 6.45) is 3.85. The van der Waals surface area contributed by atoms with E-state index < -0.39 is 9.58 Å². The Bertz CT molecular complexity index is 2140. The van der Waals surface area contributed by atoms with Gasteiger partial charge in [-0.3, -0.25) is 14.4 Å². The molecule has 1 fully saturated rings. The highest BCUT2D eigenvalue weighted by molar-refractivity contribution is 7.74. The number of likely N-dealkylation sites (tertiary alicyclic amines) is 1. The number of halogens is 1. The van der Waals surface area contributed by atoms with Crippen molar-refractivity contribution in [2.45, 2.75) is 78.2 Å². The SMILES string of the molecule is CC(=O)c1ccc(C2CCN(C(=O)CCCOc3c(Cl)cc(C(C)(C)c4ccc(OCc5ccnc(N[N+](C)(O)S)n5)cc4)cc3C#N)CC2)cc1C(=O)C(C)C. The maximum absolute atomic E-state index is 13.1. The van der Waals surface area contributed by atoms with Crippen LogP contribution in [0, 0.1) is 17.2 Å². The molecule has 3 aromatic carbocycles. The molecule has 1 aliphatic rings. The number of piperidine rings is 1. The number of carbonyl (C=O) groups excluding carboxylic acids is 3. The lowest BCUT2D eigenvalue weighted by Crippen LogP contribution is -2.38. The molecule has 1 saturated heterocycles. The summed E-state index contributed by atoms with van der Waals surface area (Å²) in [5.41, 5.74) is 6.80. The molecule has 1 aromatic heterocycles. The molecule has 4 aromatic rings. The third kappa shape index (κ3) is 11.1. The van der Waals surface area contributed by atoms with Crippen LogP contribution in [0.1, 0.15) is 115 Å². The first kappa shape index (κ1) is 43.1. The number of Topliss-reactive ketones (excluding diaryl/α,β-unsaturated/α-hetero) is 2. The number of amides is 1. The van der Waals surface area contributed by atoms with Gasteiger partial charge in [0.2, 0.25) is 5.91 Å². The zero-order valence-corrected chi connectivity index (χ0v) is 34.9. The van der Waals surface area contributed by atoms with E-state index >= 15 is 0 Å². The molecule has 2 heterocycles. The minimum absolute atomic E-state index is 0.0408. The van der Waals surface area contributed by atoms with E-state index in [0.717, 1.165) is 29.5 Å². The summed E-state index contributed by atoms with van der Waals surface area (Å²) in [6, 6.07) is 20.8. The Balaban J connectivity index is 1.13. The van der Waals surface area contributed by atoms with Gasteiger partial charge in [-0.25, -0.2) is 9.97 Å². The van der Waals surface area contributed by atoms with Gasteiger partial charge in [0.1, 0.15) is 38.3 Å². The maximum Gasteiger partial charge on any atom is 0.273 e. The fourth-order valence-electron chi connectivity index (χ4n) is 6.85. The second-order valence-corrected chi connectivity index (χ2v) is 16.5. The molecule has 12 nitrogen and oxygen atoms in total. The lowest BCUT2D eigenvalue weighted by molar-refractivity contribution is -0.955. The van der Waals surface area contributed by atoms with Crippen molar-refractivity contribution in [1.82, 2.24) is 14.9 Å². The first-order valence-corrected chi connectivity index (χ1v) is 19.7. The molecule has 57 heavy (non-hydrogen) atoms. The number of quaternary nitrogens is 1. The molecule has 300 valence electrons. The van der Waals surface area contributed by atoms with Gasteiger partial charge in [-0.2, -0.15) is 15.9 Å². The van der Waals surface area contributed by atoms with E-state index in [1.165, 1.54) is 14.0 Å². The molecule has 0 radical (unpaired) electrons. The highest BCUT2D eigenvalue weighted by Gasteiger charge is 2.28. The van der Waals surface area contributed by atoms with Crippen LogP contribution in [0.2, 0.25) is 5.02 Å². The average Bonchev–Trinajstić information content (AvgIpc) is 3.17. The first-order valence-electron chi connectivity index (χ1n) is 19.0. The van der Waals surface area contributed by atoms with Crippen LogP contribution in [-0.4, -0.2) is 68.5 Å². The molecule has 5 rings (SSSR count). The summed E-state index contributed by atoms with van der Waals surface area (Å²) in [6.45, 7) is 10.9. The van der Waals surface area contributed by atoms with Crippen LogP contribution in [0.3, 0.4) is 0 Å². The number of hydrogen-bond acceptors (Lipinski definition) is 11. The van der Waals surface area contributed by atoms with Crippen molar-refractivity contribution >= 4 is 47.8 Å². The average molecular weight is 814 g/mol. The van der Waals surface area contributed by atoms with Crippen molar-refractivity contribution in [3.8, 4) is 17.6 Å². The molecule has 2 N–H and O–H groups in total. The van der Waals surface area contributed by atoms with E-state index in [9.17, 15) is 24.9 Å². The van der Waals surface area contributed by atoms with E-state index in [0.29, 0.717) is 64.8 Å². The number of carbonyl (C=O) groups is 3. The number of hydroxylamine groups is 1. The first-order chi connectivity index (χ1) is 27.0. The van der Waals surface area contributed by atoms with Gasteiger partial charge in [0.25, 0.3) is 5.95 Å². The molecule has 14 heteroatoms. The lowest BCUT2D eigenvalue weighted by atomic mass is 9.77. The number of nitrogens with zero attached hydrogens (tertiary/aromatic N) is 5. The van der Waals surface area contributed by atoms with Gasteiger partial charge in [-0.05, 0) is 89.4 Å². The van der Waals surface area contributed by atoms with Gasteiger partial charge < -0.3 is 14.4 Å². The molecule has 0 bridgehead atoms. The Kier molecular flexibility index (Phi) is 14.0. The van der Waals surface area contributed by atoms with Crippen LogP contribution in [-0.2, 0) is 16.8 Å². The molecular formula is C43H50ClN6O6S+. The molecule has 1 amide bonds. The third-order valence-electron chi connectivity index (χ3n) is 10.2. The molecule has 1 atom stereocenters. The quantitative estimate of drug-likeness (QED) is 0.0330. The zero-order valence-electron chi connectivity index (χ0n) is 33.2. The Hall–Kier alpha value is -5.00. The number of ether oxygens (including phenoxy) is 2. The minimum atomic E-state index is -0.822. The third-order valence-corrected chi connectivity index (χ3v) is 10.6. The van der Waals surface area contributed by atoms with E-state index in [1.54, 1.807) is 24.4 Å². The number of rotatable bonds is 16. The van der Waals surface area contributed by atoms with Crippen LogP contribution in [0.4, 0.5) is 5.95 Å². The van der Waals surface area contributed by atoms with Crippen molar-refractivity contribution in [2.75, 3.05) is 32.2 Å². The Morgan fingerprint density at radius 3 is 2.39 bits per heavy atom. The standard InChI is InChI=1S/C43H50ClN6O6S/c1-27(2)40(53)37-23-30(9-14-36(37)28(3)51)29-16-19-49(20-17-29)39(52)8-7-21-55-41-31(25-45)22-33(24-38(41)44)43(4,5)32-10-12-35(13-11-32)56-26-34-15-18-46-42(47-34)48-50(6,54)57/h9-15,18,22-24,27,29,54,57H,7-8,16-17,19-21,26H2,1-6H3,(H,46,47,48)/q+1. The molecular weight excluding hydrogens is 764 g/mol. The van der Waals surface area contributed by atoms with Crippen molar-refractivity contribution in [3.63, 3.8) is 0 Å². The van der Waals surface area contributed by atoms with Crippen molar-refractivity contribution < 1.29 is 33.2 Å². The molecule has 0 aliphatic carbocycles. The van der Waals surface area contributed by atoms with E-state index in [1.807, 2.05) is 75.1 Å². The van der Waals surface area contributed by atoms with Crippen LogP contribution >= 0.6 is 24.4 Å². The fourth-order valence-corrected chi connectivity index (χ4v) is 7.21. The van der Waals surface area contributed by atoms with Gasteiger partial charge >= 0.3 is 0 Å².